The smallest absolute Gasteiger partial charge is 0.275 e. The largest absolute Gasteiger partial charge is 0.496 e. The van der Waals surface area contributed by atoms with Crippen molar-refractivity contribution in [3.8, 4) is 28.3 Å². The molecule has 0 bridgehead atoms. The van der Waals surface area contributed by atoms with Gasteiger partial charge in [-0.2, -0.15) is 5.10 Å². The number of hydrogen-bond donors (Lipinski definition) is 2. The number of methoxy groups -OCH3 is 1. The average molecular weight is 394 g/mol. The molecule has 28 heavy (non-hydrogen) atoms. The Morgan fingerprint density at radius 3 is 2.75 bits per heavy atom. The zero-order valence-corrected chi connectivity index (χ0v) is 15.6. The lowest BCUT2D eigenvalue weighted by Gasteiger charge is -2.05. The van der Waals surface area contributed by atoms with Crippen molar-refractivity contribution in [3.05, 3.63) is 71.5 Å². The predicted molar refractivity (Wildman–Crippen MR) is 106 cm³/mol. The highest BCUT2D eigenvalue weighted by Crippen LogP contribution is 2.33. The molecular formula is C20H15FN4O2S. The van der Waals surface area contributed by atoms with Gasteiger partial charge in [0.15, 0.2) is 5.13 Å². The van der Waals surface area contributed by atoms with Crippen molar-refractivity contribution < 1.29 is 13.9 Å². The number of hydrogen-bond acceptors (Lipinski definition) is 5. The summed E-state index contributed by atoms with van der Waals surface area (Å²) in [5.41, 5.74) is 2.94. The summed E-state index contributed by atoms with van der Waals surface area (Å²) in [5, 5.41) is 11.8. The van der Waals surface area contributed by atoms with E-state index in [1.165, 1.54) is 36.6 Å². The first kappa shape index (κ1) is 17.9. The SMILES string of the molecule is COc1ccc(F)cc1-c1csc(NC(=O)c2cc(-c3ccccc3)n[nH]2)n1. The Morgan fingerprint density at radius 2 is 1.96 bits per heavy atom. The minimum absolute atomic E-state index is 0.318. The number of H-pyrrole nitrogens is 1. The lowest BCUT2D eigenvalue weighted by atomic mass is 10.1. The fourth-order valence-corrected chi connectivity index (χ4v) is 3.40. The van der Waals surface area contributed by atoms with Gasteiger partial charge in [0.2, 0.25) is 0 Å². The second kappa shape index (κ2) is 7.61. The van der Waals surface area contributed by atoms with Crippen LogP contribution in [-0.2, 0) is 0 Å². The quantitative estimate of drug-likeness (QED) is 0.518. The van der Waals surface area contributed by atoms with Crippen molar-refractivity contribution in [2.24, 2.45) is 0 Å². The number of rotatable bonds is 5. The molecule has 0 atom stereocenters. The van der Waals surface area contributed by atoms with Gasteiger partial charge in [-0.05, 0) is 24.3 Å². The van der Waals surface area contributed by atoms with Gasteiger partial charge in [0, 0.05) is 16.5 Å². The van der Waals surface area contributed by atoms with Crippen molar-refractivity contribution in [1.29, 1.82) is 0 Å². The molecule has 0 unspecified atom stereocenters. The second-order valence-electron chi connectivity index (χ2n) is 5.87. The summed E-state index contributed by atoms with van der Waals surface area (Å²) in [6.07, 6.45) is 0. The Hall–Kier alpha value is -3.52. The van der Waals surface area contributed by atoms with Gasteiger partial charge in [-0.3, -0.25) is 15.2 Å². The van der Waals surface area contributed by atoms with E-state index in [0.29, 0.717) is 33.5 Å². The summed E-state index contributed by atoms with van der Waals surface area (Å²) in [4.78, 5) is 16.8. The molecule has 0 aliphatic rings. The maximum Gasteiger partial charge on any atom is 0.275 e. The molecule has 0 saturated carbocycles. The molecule has 2 heterocycles. The summed E-state index contributed by atoms with van der Waals surface area (Å²) < 4.78 is 18.8. The molecule has 0 radical (unpaired) electrons. The maximum atomic E-state index is 13.6. The highest BCUT2D eigenvalue weighted by atomic mass is 32.1. The molecule has 2 aromatic heterocycles. The number of ether oxygens (including phenoxy) is 1. The lowest BCUT2D eigenvalue weighted by Crippen LogP contribution is -2.12. The van der Waals surface area contributed by atoms with Gasteiger partial charge in [-0.25, -0.2) is 9.37 Å². The normalized spacial score (nSPS) is 10.6. The summed E-state index contributed by atoms with van der Waals surface area (Å²) in [6.45, 7) is 0. The van der Waals surface area contributed by atoms with Crippen LogP contribution in [-0.4, -0.2) is 28.2 Å². The fraction of sp³-hybridized carbons (Fsp3) is 0.0500. The summed E-state index contributed by atoms with van der Waals surface area (Å²) in [6, 6.07) is 15.4. The molecule has 2 N–H and O–H groups in total. The molecule has 0 saturated heterocycles. The van der Waals surface area contributed by atoms with E-state index < -0.39 is 0 Å². The number of carbonyl (C=O) groups excluding carboxylic acids is 1. The zero-order chi connectivity index (χ0) is 19.5. The number of amides is 1. The third-order valence-corrected chi connectivity index (χ3v) is 4.81. The average Bonchev–Trinajstić information content (AvgIpc) is 3.38. The van der Waals surface area contributed by atoms with E-state index in [-0.39, 0.29) is 11.7 Å². The van der Waals surface area contributed by atoms with E-state index in [2.05, 4.69) is 20.5 Å². The van der Waals surface area contributed by atoms with Crippen LogP contribution < -0.4 is 10.1 Å². The van der Waals surface area contributed by atoms with Gasteiger partial charge in [-0.15, -0.1) is 11.3 Å². The first-order chi connectivity index (χ1) is 13.6. The zero-order valence-electron chi connectivity index (χ0n) is 14.8. The van der Waals surface area contributed by atoms with E-state index in [1.54, 1.807) is 11.4 Å². The molecule has 140 valence electrons. The second-order valence-corrected chi connectivity index (χ2v) is 6.73. The fourth-order valence-electron chi connectivity index (χ4n) is 2.69. The Labute approximate surface area is 164 Å². The highest BCUT2D eigenvalue weighted by Gasteiger charge is 2.15. The number of benzene rings is 2. The van der Waals surface area contributed by atoms with Crippen molar-refractivity contribution in [2.75, 3.05) is 12.4 Å². The molecule has 4 aromatic rings. The van der Waals surface area contributed by atoms with Crippen LogP contribution in [0.3, 0.4) is 0 Å². The Morgan fingerprint density at radius 1 is 1.14 bits per heavy atom. The van der Waals surface area contributed by atoms with Crippen LogP contribution in [0.2, 0.25) is 0 Å². The third kappa shape index (κ3) is 3.63. The van der Waals surface area contributed by atoms with Crippen molar-refractivity contribution in [2.45, 2.75) is 0 Å². The van der Waals surface area contributed by atoms with Gasteiger partial charge in [0.1, 0.15) is 17.3 Å². The van der Waals surface area contributed by atoms with Gasteiger partial charge in [0.25, 0.3) is 5.91 Å². The van der Waals surface area contributed by atoms with E-state index in [0.717, 1.165) is 5.56 Å². The standard InChI is InChI=1S/C20H15FN4O2S/c1-27-18-8-7-13(21)9-14(18)17-11-28-20(22-17)23-19(26)16-10-15(24-25-16)12-5-3-2-4-6-12/h2-11H,1H3,(H,24,25)(H,22,23,26). The topological polar surface area (TPSA) is 79.9 Å². The number of aromatic amines is 1. The predicted octanol–water partition coefficient (Wildman–Crippen LogP) is 4.60. The maximum absolute atomic E-state index is 13.6. The number of aromatic nitrogens is 3. The van der Waals surface area contributed by atoms with Gasteiger partial charge in [-0.1, -0.05) is 30.3 Å². The molecule has 8 heteroatoms. The number of nitrogens with zero attached hydrogens (tertiary/aromatic N) is 2. The van der Waals surface area contributed by atoms with Gasteiger partial charge in [0.05, 0.1) is 18.5 Å². The van der Waals surface area contributed by atoms with Crippen LogP contribution in [0.5, 0.6) is 5.75 Å². The van der Waals surface area contributed by atoms with Gasteiger partial charge < -0.3 is 4.74 Å². The third-order valence-electron chi connectivity index (χ3n) is 4.05. The molecule has 1 amide bonds. The molecule has 0 aliphatic carbocycles. The Balaban J connectivity index is 1.53. The lowest BCUT2D eigenvalue weighted by molar-refractivity contribution is 0.102. The van der Waals surface area contributed by atoms with Crippen LogP contribution in [0.4, 0.5) is 9.52 Å². The minimum Gasteiger partial charge on any atom is -0.496 e. The van der Waals surface area contributed by atoms with E-state index in [1.807, 2.05) is 30.3 Å². The number of thiazole rings is 1. The first-order valence-electron chi connectivity index (χ1n) is 8.35. The Bertz CT molecular complexity index is 1120. The highest BCUT2D eigenvalue weighted by molar-refractivity contribution is 7.14. The molecule has 0 fully saturated rings. The molecular weight excluding hydrogens is 379 g/mol. The van der Waals surface area contributed by atoms with Crippen LogP contribution in [0.1, 0.15) is 10.5 Å². The van der Waals surface area contributed by atoms with E-state index in [9.17, 15) is 9.18 Å². The van der Waals surface area contributed by atoms with Crippen molar-refractivity contribution in [1.82, 2.24) is 15.2 Å². The Kier molecular flexibility index (Phi) is 4.86. The summed E-state index contributed by atoms with van der Waals surface area (Å²) in [7, 11) is 1.51. The summed E-state index contributed by atoms with van der Waals surface area (Å²) in [5.74, 6) is -0.243. The van der Waals surface area contributed by atoms with Crippen LogP contribution in [0.15, 0.2) is 60.0 Å². The number of halogens is 1. The van der Waals surface area contributed by atoms with E-state index >= 15 is 0 Å². The molecule has 0 aliphatic heterocycles. The molecule has 2 aromatic carbocycles. The molecule has 4 rings (SSSR count). The number of carbonyl (C=O) groups is 1. The first-order valence-corrected chi connectivity index (χ1v) is 9.23. The minimum atomic E-state index is -0.389. The van der Waals surface area contributed by atoms with Crippen LogP contribution >= 0.6 is 11.3 Å². The monoisotopic (exact) mass is 394 g/mol. The molecule has 0 spiro atoms. The van der Waals surface area contributed by atoms with Crippen LogP contribution in [0, 0.1) is 5.82 Å². The van der Waals surface area contributed by atoms with Gasteiger partial charge >= 0.3 is 0 Å². The van der Waals surface area contributed by atoms with Crippen molar-refractivity contribution >= 4 is 22.4 Å². The van der Waals surface area contributed by atoms with Crippen LogP contribution in [0.25, 0.3) is 22.5 Å². The summed E-state index contributed by atoms with van der Waals surface area (Å²) >= 11 is 1.24. The number of anilines is 1. The van der Waals surface area contributed by atoms with Crippen molar-refractivity contribution in [3.63, 3.8) is 0 Å². The molecule has 6 nitrogen and oxygen atoms in total. The van der Waals surface area contributed by atoms with E-state index in [4.69, 9.17) is 4.74 Å². The number of nitrogens with one attached hydrogen (secondary N) is 2.